The van der Waals surface area contributed by atoms with Crippen LogP contribution in [0.2, 0.25) is 0 Å². The van der Waals surface area contributed by atoms with Gasteiger partial charge in [0.05, 0.1) is 11.0 Å². The Morgan fingerprint density at radius 2 is 1.02 bits per heavy atom. The molecule has 0 amide bonds. The molecule has 9 aromatic carbocycles. The minimum atomic E-state index is 0.920. The van der Waals surface area contributed by atoms with Crippen molar-refractivity contribution in [2.75, 3.05) is 0 Å². The Bertz CT molecular complexity index is 3240. The van der Waals surface area contributed by atoms with Gasteiger partial charge in [-0.3, -0.25) is 0 Å². The van der Waals surface area contributed by atoms with Gasteiger partial charge < -0.3 is 8.98 Å². The van der Waals surface area contributed by atoms with E-state index in [1.807, 2.05) is 0 Å². The first-order valence-electron chi connectivity index (χ1n) is 17.3. The Morgan fingerprint density at radius 1 is 0.380 bits per heavy atom. The molecule has 2 aromatic heterocycles. The summed E-state index contributed by atoms with van der Waals surface area (Å²) >= 11 is 0. The van der Waals surface area contributed by atoms with Crippen molar-refractivity contribution in [3.8, 4) is 39.1 Å². The molecular formula is C48H27NO. The highest BCUT2D eigenvalue weighted by atomic mass is 16.3. The third-order valence-electron chi connectivity index (χ3n) is 11.1. The summed E-state index contributed by atoms with van der Waals surface area (Å²) in [6, 6.07) is 59.9. The number of benzene rings is 9. The molecule has 2 nitrogen and oxygen atoms in total. The van der Waals surface area contributed by atoms with E-state index >= 15 is 0 Å². The second-order valence-corrected chi connectivity index (χ2v) is 13.6. The third kappa shape index (κ3) is 3.32. The van der Waals surface area contributed by atoms with Crippen LogP contribution in [0.4, 0.5) is 0 Å². The van der Waals surface area contributed by atoms with Crippen LogP contribution >= 0.6 is 0 Å². The molecule has 0 saturated heterocycles. The number of para-hydroxylation sites is 2. The number of nitrogens with zero attached hydrogens (tertiary/aromatic N) is 1. The molecule has 0 N–H and O–H groups in total. The summed E-state index contributed by atoms with van der Waals surface area (Å²) < 4.78 is 9.05. The molecule has 0 radical (unpaired) electrons. The second kappa shape index (κ2) is 9.49. The number of hydrogen-bond acceptors (Lipinski definition) is 1. The molecule has 0 fully saturated rings. The molecule has 0 unspecified atom stereocenters. The maximum absolute atomic E-state index is 6.59. The summed E-state index contributed by atoms with van der Waals surface area (Å²) in [5.41, 5.74) is 13.3. The molecular weight excluding hydrogens is 607 g/mol. The lowest BCUT2D eigenvalue weighted by molar-refractivity contribution is 0.673. The van der Waals surface area contributed by atoms with Crippen LogP contribution < -0.4 is 0 Å². The van der Waals surface area contributed by atoms with E-state index < -0.39 is 0 Å². The molecule has 230 valence electrons. The van der Waals surface area contributed by atoms with E-state index in [4.69, 9.17) is 4.42 Å². The van der Waals surface area contributed by atoms with Crippen LogP contribution in [0.3, 0.4) is 0 Å². The van der Waals surface area contributed by atoms with Crippen LogP contribution in [0.5, 0.6) is 0 Å². The molecule has 0 bridgehead atoms. The zero-order chi connectivity index (χ0) is 32.5. The fourth-order valence-corrected chi connectivity index (χ4v) is 8.99. The Labute approximate surface area is 287 Å². The van der Waals surface area contributed by atoms with Gasteiger partial charge in [-0.2, -0.15) is 0 Å². The van der Waals surface area contributed by atoms with Crippen LogP contribution in [0.25, 0.3) is 115 Å². The Kier molecular flexibility index (Phi) is 5.00. The summed E-state index contributed by atoms with van der Waals surface area (Å²) in [6.45, 7) is 0. The number of hydrogen-bond donors (Lipinski definition) is 0. The van der Waals surface area contributed by atoms with Gasteiger partial charge in [0.25, 0.3) is 0 Å². The van der Waals surface area contributed by atoms with Gasteiger partial charge >= 0.3 is 0 Å². The maximum atomic E-state index is 6.59. The highest BCUT2D eigenvalue weighted by molar-refractivity contribution is 6.36. The van der Waals surface area contributed by atoms with E-state index in [-0.39, 0.29) is 0 Å². The molecule has 0 aliphatic heterocycles. The first-order chi connectivity index (χ1) is 24.8. The zero-order valence-electron chi connectivity index (χ0n) is 26.9. The smallest absolute Gasteiger partial charge is 0.144 e. The largest absolute Gasteiger partial charge is 0.455 e. The van der Waals surface area contributed by atoms with Crippen molar-refractivity contribution >= 4 is 76.1 Å². The molecule has 50 heavy (non-hydrogen) atoms. The van der Waals surface area contributed by atoms with Gasteiger partial charge in [-0.05, 0) is 85.3 Å². The quantitative estimate of drug-likeness (QED) is 0.185. The summed E-state index contributed by atoms with van der Waals surface area (Å²) in [4.78, 5) is 0. The molecule has 0 saturated carbocycles. The predicted octanol–water partition coefficient (Wildman–Crippen LogP) is 13.5. The second-order valence-electron chi connectivity index (χ2n) is 13.6. The van der Waals surface area contributed by atoms with E-state index in [1.165, 1.54) is 87.5 Å². The average molecular weight is 634 g/mol. The van der Waals surface area contributed by atoms with Crippen LogP contribution in [-0.2, 0) is 0 Å². The van der Waals surface area contributed by atoms with E-state index in [0.29, 0.717) is 0 Å². The van der Waals surface area contributed by atoms with E-state index in [1.54, 1.807) is 0 Å². The third-order valence-corrected chi connectivity index (χ3v) is 11.1. The molecule has 0 spiro atoms. The van der Waals surface area contributed by atoms with Crippen LogP contribution in [0.1, 0.15) is 0 Å². The monoisotopic (exact) mass is 633 g/mol. The molecule has 12 rings (SSSR count). The Morgan fingerprint density at radius 3 is 1.90 bits per heavy atom. The lowest BCUT2D eigenvalue weighted by Gasteiger charge is -2.13. The molecule has 1 aliphatic rings. The SMILES string of the molecule is c1ccc2c(c1)-c1cccc3c(-c4ccc5cc(-n6c7ccccc7c7c8c9ccccc9oc8c8ccccc8c76)ccc5c4)ccc-2c13. The fourth-order valence-electron chi connectivity index (χ4n) is 8.99. The Hall–Kier alpha value is -6.64. The number of rotatable bonds is 2. The van der Waals surface area contributed by atoms with Crippen molar-refractivity contribution in [2.24, 2.45) is 0 Å². The molecule has 2 heterocycles. The number of fused-ring (bicyclic) bond motifs is 14. The van der Waals surface area contributed by atoms with Gasteiger partial charge in [0.2, 0.25) is 0 Å². The van der Waals surface area contributed by atoms with Gasteiger partial charge in [-0.1, -0.05) is 133 Å². The van der Waals surface area contributed by atoms with Crippen LogP contribution in [0, 0.1) is 0 Å². The van der Waals surface area contributed by atoms with Crippen molar-refractivity contribution in [3.63, 3.8) is 0 Å². The minimum absolute atomic E-state index is 0.920. The van der Waals surface area contributed by atoms with E-state index in [9.17, 15) is 0 Å². The van der Waals surface area contributed by atoms with Crippen molar-refractivity contribution in [3.05, 3.63) is 164 Å². The molecule has 0 atom stereocenters. The summed E-state index contributed by atoms with van der Waals surface area (Å²) in [5, 5.41) is 12.2. The fraction of sp³-hybridized carbons (Fsp3) is 0. The Balaban J connectivity index is 1.09. The normalized spacial score (nSPS) is 12.4. The highest BCUT2D eigenvalue weighted by Crippen LogP contribution is 2.50. The van der Waals surface area contributed by atoms with Crippen LogP contribution in [0.15, 0.2) is 168 Å². The summed E-state index contributed by atoms with van der Waals surface area (Å²) in [7, 11) is 0. The lowest BCUT2D eigenvalue weighted by atomic mass is 9.93. The van der Waals surface area contributed by atoms with Gasteiger partial charge in [0.1, 0.15) is 11.2 Å². The van der Waals surface area contributed by atoms with Crippen molar-refractivity contribution in [1.29, 1.82) is 0 Å². The minimum Gasteiger partial charge on any atom is -0.455 e. The van der Waals surface area contributed by atoms with E-state index in [0.717, 1.165) is 27.6 Å². The van der Waals surface area contributed by atoms with Gasteiger partial charge in [-0.15, -0.1) is 0 Å². The first-order valence-corrected chi connectivity index (χ1v) is 17.3. The van der Waals surface area contributed by atoms with Crippen molar-refractivity contribution in [2.45, 2.75) is 0 Å². The lowest BCUT2D eigenvalue weighted by Crippen LogP contribution is -1.95. The molecule has 11 aromatic rings. The van der Waals surface area contributed by atoms with Gasteiger partial charge in [0.15, 0.2) is 0 Å². The molecule has 2 heteroatoms. The summed E-state index contributed by atoms with van der Waals surface area (Å²) in [5.74, 6) is 0. The number of aromatic nitrogens is 1. The van der Waals surface area contributed by atoms with Crippen molar-refractivity contribution in [1.82, 2.24) is 4.57 Å². The predicted molar refractivity (Wildman–Crippen MR) is 210 cm³/mol. The molecule has 1 aliphatic carbocycles. The van der Waals surface area contributed by atoms with Crippen LogP contribution in [-0.4, -0.2) is 4.57 Å². The zero-order valence-corrected chi connectivity index (χ0v) is 26.9. The summed E-state index contributed by atoms with van der Waals surface area (Å²) in [6.07, 6.45) is 0. The topological polar surface area (TPSA) is 18.1 Å². The van der Waals surface area contributed by atoms with E-state index in [2.05, 4.69) is 168 Å². The average Bonchev–Trinajstić information content (AvgIpc) is 3.84. The number of furan rings is 1. The standard InChI is InChI=1S/C48H27NO/c1-2-11-34-33(10-1)36-17-9-16-35-32(24-25-37(34)44(35)36)30-21-20-29-27-31(23-22-28(29)26-30)49-42-18-7-5-14-40(42)45-46-41-15-6-8-19-43(41)50-48(46)39-13-4-3-12-38(39)47(45)49/h1-27H. The van der Waals surface area contributed by atoms with Gasteiger partial charge in [-0.25, -0.2) is 0 Å². The maximum Gasteiger partial charge on any atom is 0.144 e. The highest BCUT2D eigenvalue weighted by Gasteiger charge is 2.24. The first kappa shape index (κ1) is 26.3. The van der Waals surface area contributed by atoms with Crippen molar-refractivity contribution < 1.29 is 4.42 Å². The van der Waals surface area contributed by atoms with Gasteiger partial charge in [0, 0.05) is 38.0 Å².